The molecule has 4 fully saturated rings. The Balaban J connectivity index is 0.000000312. The number of hydrogen-bond donors (Lipinski definition) is 2. The third kappa shape index (κ3) is 20.8. The number of nitrogens with one attached hydrogen (secondary N) is 1. The average Bonchev–Trinajstić information content (AvgIpc) is 3.66. The molecule has 0 saturated heterocycles. The highest BCUT2D eigenvalue weighted by molar-refractivity contribution is 8.76. The van der Waals surface area contributed by atoms with Gasteiger partial charge in [0.2, 0.25) is 0 Å². The molecule has 2 N–H and O–H groups in total. The number of carbonyl (C=O) groups is 1. The molecule has 0 radical (unpaired) electrons. The average molecular weight is 904 g/mol. The predicted molar refractivity (Wildman–Crippen MR) is 248 cm³/mol. The Kier molecular flexibility index (Phi) is 27.7. The van der Waals surface area contributed by atoms with Crippen molar-refractivity contribution in [2.45, 2.75) is 167 Å². The maximum Gasteiger partial charge on any atom is 0.472 e. The van der Waals surface area contributed by atoms with Gasteiger partial charge in [-0.05, 0) is 119 Å². The second-order valence-electron chi connectivity index (χ2n) is 18.5. The minimum atomic E-state index is -4.01. The smallest absolute Gasteiger partial charge is 0.464 e. The number of phosphoric acid groups is 1. The molecular weight excluding hydrogens is 818 g/mol. The van der Waals surface area contributed by atoms with Gasteiger partial charge < -0.3 is 29.2 Å². The van der Waals surface area contributed by atoms with Crippen molar-refractivity contribution in [2.24, 2.45) is 35.0 Å². The Morgan fingerprint density at radius 3 is 2.12 bits per heavy atom. The minimum absolute atomic E-state index is 0.0116. The fraction of sp³-hybridized carbons (Fsp3) is 0.936. The third-order valence-electron chi connectivity index (χ3n) is 14.1. The first kappa shape index (κ1) is 52.5. The van der Waals surface area contributed by atoms with Gasteiger partial charge in [-0.3, -0.25) is 13.8 Å². The van der Waals surface area contributed by atoms with Crippen molar-refractivity contribution < 1.29 is 42.2 Å². The van der Waals surface area contributed by atoms with E-state index in [1.807, 2.05) is 28.6 Å². The zero-order valence-electron chi connectivity index (χ0n) is 37.8. The normalized spacial score (nSPS) is 27.4. The molecular formula is C47H86NO9PS2. The summed E-state index contributed by atoms with van der Waals surface area (Å²) in [7, 11) is 1.91. The zero-order chi connectivity index (χ0) is 42.6. The summed E-state index contributed by atoms with van der Waals surface area (Å²) in [5.74, 6) is 7.14. The van der Waals surface area contributed by atoms with Gasteiger partial charge in [-0.15, -0.1) is 0 Å². The van der Waals surface area contributed by atoms with E-state index in [9.17, 15) is 14.3 Å². The molecule has 60 heavy (non-hydrogen) atoms. The number of unbranched alkanes of at least 4 members (excludes halogenated alkanes) is 6. The zero-order valence-corrected chi connectivity index (χ0v) is 40.4. The van der Waals surface area contributed by atoms with Gasteiger partial charge in [0.05, 0.1) is 46.2 Å². The van der Waals surface area contributed by atoms with E-state index in [2.05, 4.69) is 18.3 Å². The molecule has 10 nitrogen and oxygen atoms in total. The molecule has 0 amide bonds. The van der Waals surface area contributed by atoms with E-state index in [4.69, 9.17) is 28.0 Å². The molecule has 0 spiro atoms. The van der Waals surface area contributed by atoms with Crippen molar-refractivity contribution in [1.82, 2.24) is 5.32 Å². The predicted octanol–water partition coefficient (Wildman–Crippen LogP) is 11.7. The molecule has 7 atom stereocenters. The lowest BCUT2D eigenvalue weighted by atomic mass is 9.53. The number of rotatable bonds is 32. The van der Waals surface area contributed by atoms with Crippen LogP contribution in [0.2, 0.25) is 0 Å². The van der Waals surface area contributed by atoms with Gasteiger partial charge in [-0.25, -0.2) is 4.57 Å². The van der Waals surface area contributed by atoms with Crippen molar-refractivity contribution in [3.63, 3.8) is 0 Å². The maximum absolute atomic E-state index is 11.9. The summed E-state index contributed by atoms with van der Waals surface area (Å²) in [5, 5.41) is 3.07. The quantitative estimate of drug-likeness (QED) is 0.0220. The van der Waals surface area contributed by atoms with Gasteiger partial charge in [-0.1, -0.05) is 117 Å². The van der Waals surface area contributed by atoms with Crippen LogP contribution >= 0.6 is 29.4 Å². The monoisotopic (exact) mass is 904 g/mol. The van der Waals surface area contributed by atoms with Crippen LogP contribution in [0.25, 0.3) is 0 Å². The molecule has 5 aliphatic rings. The van der Waals surface area contributed by atoms with E-state index in [1.165, 1.54) is 127 Å². The van der Waals surface area contributed by atoms with E-state index in [1.54, 1.807) is 5.57 Å². The van der Waals surface area contributed by atoms with Gasteiger partial charge >= 0.3 is 7.82 Å². The minimum Gasteiger partial charge on any atom is -0.464 e. The second-order valence-corrected chi connectivity index (χ2v) is 22.6. The standard InChI is InChI=1S/C28H58NO7PS2.C19H28O2/c1-29-17-13-18-32-20-21-33-22-23-34-24-25-36-37(30,31)35-19-10-3-5-12-27-39-38-26-11-4-2-7-14-28-15-8-6-9-16-28;1-19-9-2-3-18(19)17-6-4-13-11-14(21-12-20)5-7-15(13)16(17)8-10-19/h28-29H,2-27H2,1H3,(H,30,31);4,12,14-18H,2-3,5-11H2,1H3/t;14-,15?,16?,17?,18?,19-/m.0/s1. The summed E-state index contributed by atoms with van der Waals surface area (Å²) in [6, 6.07) is 0. The molecule has 4 saturated carbocycles. The van der Waals surface area contributed by atoms with Crippen LogP contribution in [-0.2, 0) is 37.4 Å². The van der Waals surface area contributed by atoms with Crippen LogP contribution in [0.4, 0.5) is 0 Å². The van der Waals surface area contributed by atoms with Crippen LogP contribution < -0.4 is 5.32 Å². The van der Waals surface area contributed by atoms with Crippen LogP contribution in [0.5, 0.6) is 0 Å². The first-order valence-corrected chi connectivity index (χ1v) is 28.4. The highest BCUT2D eigenvalue weighted by atomic mass is 33.1. The lowest BCUT2D eigenvalue weighted by Crippen LogP contribution is -2.44. The van der Waals surface area contributed by atoms with Crippen molar-refractivity contribution in [1.29, 1.82) is 0 Å². The number of carbonyl (C=O) groups excluding carboxylic acids is 1. The molecule has 0 aromatic carbocycles. The van der Waals surface area contributed by atoms with Crippen LogP contribution in [-0.4, -0.2) is 95.4 Å². The fourth-order valence-corrected chi connectivity index (χ4v) is 13.9. The Hall–Kier alpha value is -0.140. The Morgan fingerprint density at radius 2 is 1.40 bits per heavy atom. The van der Waals surface area contributed by atoms with Crippen molar-refractivity contribution in [3.05, 3.63) is 11.6 Å². The molecule has 5 unspecified atom stereocenters. The van der Waals surface area contributed by atoms with Crippen LogP contribution in [0, 0.1) is 35.0 Å². The number of phosphoric ester groups is 1. The highest BCUT2D eigenvalue weighted by Crippen LogP contribution is 2.61. The summed E-state index contributed by atoms with van der Waals surface area (Å²) in [6.07, 6.45) is 34.1. The first-order valence-electron chi connectivity index (χ1n) is 24.4. The molecule has 0 aromatic rings. The van der Waals surface area contributed by atoms with Crippen LogP contribution in [0.15, 0.2) is 11.6 Å². The third-order valence-corrected chi connectivity index (χ3v) is 17.7. The topological polar surface area (TPSA) is 122 Å². The largest absolute Gasteiger partial charge is 0.472 e. The van der Waals surface area contributed by atoms with Gasteiger partial charge in [0.15, 0.2) is 0 Å². The van der Waals surface area contributed by atoms with Crippen molar-refractivity contribution in [3.8, 4) is 0 Å². The highest BCUT2D eigenvalue weighted by Gasteiger charge is 2.52. The maximum atomic E-state index is 11.9. The molecule has 0 bridgehead atoms. The lowest BCUT2D eigenvalue weighted by molar-refractivity contribution is -0.134. The Labute approximate surface area is 373 Å². The number of fused-ring (bicyclic) bond motifs is 5. The molecule has 0 aromatic heterocycles. The summed E-state index contributed by atoms with van der Waals surface area (Å²) in [5.41, 5.74) is 2.28. The Bertz CT molecular complexity index is 1200. The van der Waals surface area contributed by atoms with Crippen molar-refractivity contribution >= 4 is 35.9 Å². The molecule has 5 aliphatic carbocycles. The van der Waals surface area contributed by atoms with E-state index in [0.29, 0.717) is 38.3 Å². The van der Waals surface area contributed by atoms with E-state index < -0.39 is 7.82 Å². The number of hydrogen-bond acceptors (Lipinski definition) is 11. The SMILES string of the molecule is CNCCCOCCOCCOCCOP(=O)(O)OCCCCCCSSCCCCCCC1CCCCC1.C[C@@]12CCCC1C1CC=C3C[C@@H](OC=O)CCC3C1CC2. The van der Waals surface area contributed by atoms with E-state index in [-0.39, 0.29) is 25.9 Å². The molecule has 350 valence electrons. The molecule has 0 heterocycles. The van der Waals surface area contributed by atoms with E-state index in [0.717, 1.165) is 81.3 Å². The van der Waals surface area contributed by atoms with Gasteiger partial charge in [0.25, 0.3) is 6.47 Å². The Morgan fingerprint density at radius 1 is 0.733 bits per heavy atom. The van der Waals surface area contributed by atoms with Crippen LogP contribution in [0.3, 0.4) is 0 Å². The number of ether oxygens (including phenoxy) is 4. The number of allylic oxidation sites excluding steroid dienone is 1. The summed E-state index contributed by atoms with van der Waals surface area (Å²) in [4.78, 5) is 20.3. The molecule has 5 rings (SSSR count). The summed E-state index contributed by atoms with van der Waals surface area (Å²) < 4.78 is 43.3. The lowest BCUT2D eigenvalue weighted by Gasteiger charge is -2.52. The summed E-state index contributed by atoms with van der Waals surface area (Å²) in [6.45, 7) is 7.28. The van der Waals surface area contributed by atoms with Crippen molar-refractivity contribution in [2.75, 3.05) is 78.0 Å². The van der Waals surface area contributed by atoms with Gasteiger partial charge in [0.1, 0.15) is 6.10 Å². The second kappa shape index (κ2) is 31.7. The molecule has 0 aliphatic heterocycles. The summed E-state index contributed by atoms with van der Waals surface area (Å²) >= 11 is 0. The first-order chi connectivity index (χ1) is 29.3. The van der Waals surface area contributed by atoms with Gasteiger partial charge in [0, 0.05) is 24.5 Å². The van der Waals surface area contributed by atoms with E-state index >= 15 is 0 Å². The molecule has 13 heteroatoms. The fourth-order valence-electron chi connectivity index (χ4n) is 10.9. The van der Waals surface area contributed by atoms with Gasteiger partial charge in [-0.2, -0.15) is 0 Å². The van der Waals surface area contributed by atoms with Crippen LogP contribution in [0.1, 0.15) is 161 Å².